The van der Waals surface area contributed by atoms with Gasteiger partial charge in [-0.2, -0.15) is 0 Å². The number of pyridine rings is 1. The van der Waals surface area contributed by atoms with E-state index in [-0.39, 0.29) is 5.75 Å². The molecular weight excluding hydrogens is 226 g/mol. The topological polar surface area (TPSA) is 71.2 Å². The van der Waals surface area contributed by atoms with E-state index in [0.717, 1.165) is 0 Å². The van der Waals surface area contributed by atoms with Crippen LogP contribution in [0.3, 0.4) is 0 Å². The number of phenolic OH excluding ortho intramolecular Hbond substituents is 1. The van der Waals surface area contributed by atoms with Crippen molar-refractivity contribution in [3.05, 3.63) is 41.6 Å². The van der Waals surface area contributed by atoms with Crippen LogP contribution in [0.5, 0.6) is 5.75 Å². The standard InChI is InChI=1S/C11H10ClN3O/c12-7-4-10(13)11(14-6-7)15-8-2-1-3-9(16)5-8/h1-6,16H,13H2,(H,14,15). The second kappa shape index (κ2) is 4.28. The molecule has 0 radical (unpaired) electrons. The van der Waals surface area contributed by atoms with Gasteiger partial charge in [0.15, 0.2) is 5.82 Å². The maximum absolute atomic E-state index is 9.29. The number of nitrogens with zero attached hydrogens (tertiary/aromatic N) is 1. The monoisotopic (exact) mass is 235 g/mol. The van der Waals surface area contributed by atoms with Crippen molar-refractivity contribution in [1.29, 1.82) is 0 Å². The van der Waals surface area contributed by atoms with Crippen LogP contribution >= 0.6 is 11.6 Å². The van der Waals surface area contributed by atoms with E-state index in [2.05, 4.69) is 10.3 Å². The van der Waals surface area contributed by atoms with E-state index in [4.69, 9.17) is 17.3 Å². The number of benzene rings is 1. The zero-order chi connectivity index (χ0) is 11.5. The summed E-state index contributed by atoms with van der Waals surface area (Å²) in [5, 5.41) is 12.8. The van der Waals surface area contributed by atoms with Crippen LogP contribution in [0.15, 0.2) is 36.5 Å². The molecule has 0 saturated carbocycles. The number of anilines is 3. The molecule has 0 spiro atoms. The van der Waals surface area contributed by atoms with Gasteiger partial charge in [-0.3, -0.25) is 0 Å². The summed E-state index contributed by atoms with van der Waals surface area (Å²) in [7, 11) is 0. The number of aromatic hydroxyl groups is 1. The second-order valence-corrected chi connectivity index (χ2v) is 3.70. The van der Waals surface area contributed by atoms with Gasteiger partial charge in [0.2, 0.25) is 0 Å². The lowest BCUT2D eigenvalue weighted by Crippen LogP contribution is -1.98. The number of phenols is 1. The maximum Gasteiger partial charge on any atom is 0.153 e. The summed E-state index contributed by atoms with van der Waals surface area (Å²) in [6.45, 7) is 0. The highest BCUT2D eigenvalue weighted by Gasteiger charge is 2.02. The highest BCUT2D eigenvalue weighted by molar-refractivity contribution is 6.30. The van der Waals surface area contributed by atoms with Crippen LogP contribution in [0.4, 0.5) is 17.2 Å². The molecule has 0 aliphatic heterocycles. The summed E-state index contributed by atoms with van der Waals surface area (Å²) in [5.41, 5.74) is 6.90. The van der Waals surface area contributed by atoms with Gasteiger partial charge in [-0.15, -0.1) is 0 Å². The first kappa shape index (κ1) is 10.6. The fourth-order valence-corrected chi connectivity index (χ4v) is 1.45. The number of nitrogen functional groups attached to an aromatic ring is 1. The van der Waals surface area contributed by atoms with Crippen molar-refractivity contribution < 1.29 is 5.11 Å². The molecule has 1 heterocycles. The molecule has 0 fully saturated rings. The molecule has 4 nitrogen and oxygen atoms in total. The van der Waals surface area contributed by atoms with Gasteiger partial charge in [-0.05, 0) is 18.2 Å². The van der Waals surface area contributed by atoms with Crippen LogP contribution in [0.25, 0.3) is 0 Å². The number of aromatic nitrogens is 1. The molecule has 2 aromatic rings. The molecule has 82 valence electrons. The highest BCUT2D eigenvalue weighted by Crippen LogP contribution is 2.24. The minimum Gasteiger partial charge on any atom is -0.508 e. The Kier molecular flexibility index (Phi) is 2.83. The average molecular weight is 236 g/mol. The fourth-order valence-electron chi connectivity index (χ4n) is 1.28. The van der Waals surface area contributed by atoms with Gasteiger partial charge in [0.25, 0.3) is 0 Å². The first-order valence-corrected chi connectivity index (χ1v) is 5.00. The Morgan fingerprint density at radius 2 is 2.12 bits per heavy atom. The lowest BCUT2D eigenvalue weighted by Gasteiger charge is -2.08. The number of hydrogen-bond donors (Lipinski definition) is 3. The van der Waals surface area contributed by atoms with Crippen molar-refractivity contribution in [1.82, 2.24) is 4.98 Å². The van der Waals surface area contributed by atoms with Crippen molar-refractivity contribution in [3.63, 3.8) is 0 Å². The number of nitrogens with two attached hydrogens (primary N) is 1. The van der Waals surface area contributed by atoms with E-state index in [1.54, 1.807) is 30.3 Å². The molecule has 5 heteroatoms. The van der Waals surface area contributed by atoms with Crippen molar-refractivity contribution >= 4 is 28.8 Å². The molecule has 0 bridgehead atoms. The second-order valence-electron chi connectivity index (χ2n) is 3.27. The van der Waals surface area contributed by atoms with Crippen LogP contribution in [0.2, 0.25) is 5.02 Å². The normalized spacial score (nSPS) is 10.1. The summed E-state index contributed by atoms with van der Waals surface area (Å²) >= 11 is 5.73. The van der Waals surface area contributed by atoms with Gasteiger partial charge in [-0.1, -0.05) is 17.7 Å². The molecular formula is C11H10ClN3O. The third-order valence-electron chi connectivity index (χ3n) is 1.99. The third-order valence-corrected chi connectivity index (χ3v) is 2.20. The summed E-state index contributed by atoms with van der Waals surface area (Å²) in [4.78, 5) is 4.05. The minimum absolute atomic E-state index is 0.178. The zero-order valence-electron chi connectivity index (χ0n) is 8.31. The first-order valence-electron chi connectivity index (χ1n) is 4.62. The number of hydrogen-bond acceptors (Lipinski definition) is 4. The SMILES string of the molecule is Nc1cc(Cl)cnc1Nc1cccc(O)c1. The smallest absolute Gasteiger partial charge is 0.153 e. The average Bonchev–Trinajstić information content (AvgIpc) is 2.22. The lowest BCUT2D eigenvalue weighted by atomic mass is 10.3. The molecule has 0 atom stereocenters. The lowest BCUT2D eigenvalue weighted by molar-refractivity contribution is 0.475. The van der Waals surface area contributed by atoms with Gasteiger partial charge >= 0.3 is 0 Å². The molecule has 0 amide bonds. The number of nitrogens with one attached hydrogen (secondary N) is 1. The Bertz CT molecular complexity index is 516. The first-order chi connectivity index (χ1) is 7.65. The van der Waals surface area contributed by atoms with Gasteiger partial charge < -0.3 is 16.2 Å². The van der Waals surface area contributed by atoms with Crippen molar-refractivity contribution in [2.75, 3.05) is 11.1 Å². The summed E-state index contributed by atoms with van der Waals surface area (Å²) in [5.74, 6) is 0.688. The summed E-state index contributed by atoms with van der Waals surface area (Å²) in [6.07, 6.45) is 1.50. The fraction of sp³-hybridized carbons (Fsp3) is 0. The predicted octanol–water partition coefficient (Wildman–Crippen LogP) is 2.77. The molecule has 0 saturated heterocycles. The van der Waals surface area contributed by atoms with Gasteiger partial charge in [0.05, 0.1) is 10.7 Å². The molecule has 0 aliphatic rings. The maximum atomic E-state index is 9.29. The number of halogens is 1. The molecule has 0 unspecified atom stereocenters. The van der Waals surface area contributed by atoms with E-state index >= 15 is 0 Å². The van der Waals surface area contributed by atoms with Crippen LogP contribution in [0.1, 0.15) is 0 Å². The Labute approximate surface area is 97.7 Å². The van der Waals surface area contributed by atoms with E-state index in [0.29, 0.717) is 22.2 Å². The minimum atomic E-state index is 0.178. The third kappa shape index (κ3) is 2.35. The van der Waals surface area contributed by atoms with Crippen molar-refractivity contribution in [2.45, 2.75) is 0 Å². The largest absolute Gasteiger partial charge is 0.508 e. The Morgan fingerprint density at radius 3 is 2.81 bits per heavy atom. The molecule has 16 heavy (non-hydrogen) atoms. The van der Waals surface area contributed by atoms with Crippen molar-refractivity contribution in [2.24, 2.45) is 0 Å². The van der Waals surface area contributed by atoms with Gasteiger partial charge in [0, 0.05) is 18.0 Å². The molecule has 1 aromatic carbocycles. The Hall–Kier alpha value is -1.94. The van der Waals surface area contributed by atoms with E-state index in [9.17, 15) is 5.11 Å². The summed E-state index contributed by atoms with van der Waals surface area (Å²) in [6, 6.07) is 8.30. The molecule has 4 N–H and O–H groups in total. The van der Waals surface area contributed by atoms with Gasteiger partial charge in [-0.25, -0.2) is 4.98 Å². The quantitative estimate of drug-likeness (QED) is 0.749. The van der Waals surface area contributed by atoms with E-state index in [1.165, 1.54) is 6.20 Å². The highest BCUT2D eigenvalue weighted by atomic mass is 35.5. The Balaban J connectivity index is 2.27. The number of rotatable bonds is 2. The zero-order valence-corrected chi connectivity index (χ0v) is 9.07. The van der Waals surface area contributed by atoms with E-state index in [1.807, 2.05) is 0 Å². The Morgan fingerprint density at radius 1 is 1.31 bits per heavy atom. The van der Waals surface area contributed by atoms with Crippen molar-refractivity contribution in [3.8, 4) is 5.75 Å². The predicted molar refractivity (Wildman–Crippen MR) is 65.0 cm³/mol. The van der Waals surface area contributed by atoms with Crippen LogP contribution in [-0.4, -0.2) is 10.1 Å². The molecule has 1 aromatic heterocycles. The molecule has 0 aliphatic carbocycles. The van der Waals surface area contributed by atoms with Gasteiger partial charge in [0.1, 0.15) is 5.75 Å². The van der Waals surface area contributed by atoms with Crippen LogP contribution in [0, 0.1) is 0 Å². The van der Waals surface area contributed by atoms with E-state index < -0.39 is 0 Å². The molecule has 2 rings (SSSR count). The van der Waals surface area contributed by atoms with Crippen LogP contribution in [-0.2, 0) is 0 Å². The van der Waals surface area contributed by atoms with Crippen LogP contribution < -0.4 is 11.1 Å². The summed E-state index contributed by atoms with van der Waals surface area (Å²) < 4.78 is 0.